The van der Waals surface area contributed by atoms with Crippen LogP contribution in [0.25, 0.3) is 0 Å². The third-order valence-electron chi connectivity index (χ3n) is 5.22. The van der Waals surface area contributed by atoms with Gasteiger partial charge in [-0.25, -0.2) is 0 Å². The lowest BCUT2D eigenvalue weighted by Gasteiger charge is -2.19. The first kappa shape index (κ1) is 21.7. The van der Waals surface area contributed by atoms with Gasteiger partial charge in [0.15, 0.2) is 11.5 Å². The monoisotopic (exact) mass is 404 g/mol. The molecule has 0 bridgehead atoms. The minimum atomic E-state index is 0.657. The second-order valence-electron chi connectivity index (χ2n) is 7.24. The topological polar surface area (TPSA) is 40.6 Å². The number of hydrogen-bond acceptors (Lipinski definition) is 4. The van der Waals surface area contributed by atoms with Crippen LogP contribution in [0.15, 0.2) is 54.9 Å². The first-order valence-corrected chi connectivity index (χ1v) is 10.4. The molecule has 0 saturated heterocycles. The summed E-state index contributed by atoms with van der Waals surface area (Å²) in [4.78, 5) is 4.20. The van der Waals surface area contributed by atoms with Crippen LogP contribution in [0, 0.1) is 6.07 Å². The quantitative estimate of drug-likeness (QED) is 0.437. The first-order chi connectivity index (χ1) is 14.8. The Morgan fingerprint density at radius 1 is 0.667 bits per heavy atom. The molecular formula is C26H30NO3. The summed E-state index contributed by atoms with van der Waals surface area (Å²) in [7, 11) is 5.01. The van der Waals surface area contributed by atoms with Gasteiger partial charge in [-0.05, 0) is 61.8 Å². The van der Waals surface area contributed by atoms with Gasteiger partial charge in [0.25, 0.3) is 0 Å². The average molecular weight is 405 g/mol. The summed E-state index contributed by atoms with van der Waals surface area (Å²) in [6.07, 6.45) is 9.42. The Kier molecular flexibility index (Phi) is 8.13. The summed E-state index contributed by atoms with van der Waals surface area (Å²) in [5.74, 6) is 2.09. The number of hydrogen-bond donors (Lipinski definition) is 0. The molecule has 0 aliphatic rings. The van der Waals surface area contributed by atoms with E-state index in [1.54, 1.807) is 27.5 Å². The predicted molar refractivity (Wildman–Crippen MR) is 120 cm³/mol. The zero-order chi connectivity index (χ0) is 21.2. The first-order valence-electron chi connectivity index (χ1n) is 10.4. The number of nitrogens with zero attached hydrogens (tertiary/aromatic N) is 1. The van der Waals surface area contributed by atoms with Crippen LogP contribution in [-0.4, -0.2) is 26.3 Å². The zero-order valence-electron chi connectivity index (χ0n) is 18.1. The van der Waals surface area contributed by atoms with Crippen molar-refractivity contribution in [3.63, 3.8) is 0 Å². The molecule has 0 spiro atoms. The molecule has 3 aromatic rings. The van der Waals surface area contributed by atoms with E-state index in [4.69, 9.17) is 14.2 Å². The minimum Gasteiger partial charge on any atom is -0.492 e. The Hall–Kier alpha value is -3.01. The zero-order valence-corrected chi connectivity index (χ0v) is 18.1. The van der Waals surface area contributed by atoms with E-state index < -0.39 is 0 Å². The number of ether oxygens (including phenoxy) is 3. The second-order valence-corrected chi connectivity index (χ2v) is 7.24. The van der Waals surface area contributed by atoms with Crippen molar-refractivity contribution in [1.82, 2.24) is 4.98 Å². The van der Waals surface area contributed by atoms with Gasteiger partial charge in [-0.1, -0.05) is 36.4 Å². The molecule has 0 atom stereocenters. The molecule has 2 aromatic carbocycles. The van der Waals surface area contributed by atoms with Gasteiger partial charge in [-0.15, -0.1) is 0 Å². The van der Waals surface area contributed by atoms with Crippen LogP contribution in [0.5, 0.6) is 17.2 Å². The molecule has 0 unspecified atom stereocenters. The van der Waals surface area contributed by atoms with Gasteiger partial charge in [0, 0.05) is 23.5 Å². The van der Waals surface area contributed by atoms with Crippen molar-refractivity contribution in [3.05, 3.63) is 83.2 Å². The lowest BCUT2D eigenvalue weighted by Crippen LogP contribution is -2.04. The Morgan fingerprint density at radius 2 is 1.23 bits per heavy atom. The van der Waals surface area contributed by atoms with E-state index in [0.717, 1.165) is 55.4 Å². The van der Waals surface area contributed by atoms with Gasteiger partial charge in [-0.2, -0.15) is 0 Å². The number of aromatic nitrogens is 1. The van der Waals surface area contributed by atoms with Crippen LogP contribution >= 0.6 is 0 Å². The molecule has 0 N–H and O–H groups in total. The maximum absolute atomic E-state index is 5.70. The molecule has 157 valence electrons. The standard InChI is InChI=1S/C26H30NO3/c1-28-24-22(15-7-12-20-10-5-4-6-11-20)18-23(25(29-2)26(24)30-3)16-8-13-21-14-9-17-27-19-21/h4-6,9-11,14,17,19H,7-8,12-13,15-16H2,1-3H3. The SMILES string of the molecule is COc1c(CCCc2ccccc2)[c]c(CCCc2cccnc2)c(OC)c1OC. The maximum Gasteiger partial charge on any atom is 0.203 e. The maximum atomic E-state index is 5.70. The molecule has 0 aliphatic heterocycles. The molecule has 0 saturated carbocycles. The smallest absolute Gasteiger partial charge is 0.203 e. The third-order valence-corrected chi connectivity index (χ3v) is 5.22. The van der Waals surface area contributed by atoms with Crippen LogP contribution < -0.4 is 14.2 Å². The van der Waals surface area contributed by atoms with E-state index in [1.807, 2.05) is 18.3 Å². The summed E-state index contributed by atoms with van der Waals surface area (Å²) in [5, 5.41) is 0. The Balaban J connectivity index is 1.77. The number of aryl methyl sites for hydroxylation is 4. The van der Waals surface area contributed by atoms with Gasteiger partial charge in [-0.3, -0.25) is 4.98 Å². The second kappa shape index (κ2) is 11.2. The fraction of sp³-hybridized carbons (Fsp3) is 0.346. The summed E-state index contributed by atoms with van der Waals surface area (Å²) in [6.45, 7) is 0. The van der Waals surface area contributed by atoms with E-state index in [1.165, 1.54) is 11.1 Å². The molecule has 4 nitrogen and oxygen atoms in total. The molecule has 1 heterocycles. The summed E-state index contributed by atoms with van der Waals surface area (Å²) in [6, 6.07) is 18.2. The van der Waals surface area contributed by atoms with Crippen LogP contribution in [0.4, 0.5) is 0 Å². The van der Waals surface area contributed by atoms with E-state index in [9.17, 15) is 0 Å². The highest BCUT2D eigenvalue weighted by atomic mass is 16.5. The van der Waals surface area contributed by atoms with E-state index in [-0.39, 0.29) is 0 Å². The van der Waals surface area contributed by atoms with Crippen molar-refractivity contribution in [2.75, 3.05) is 21.3 Å². The van der Waals surface area contributed by atoms with E-state index in [2.05, 4.69) is 41.4 Å². The van der Waals surface area contributed by atoms with Gasteiger partial charge in [0.05, 0.1) is 21.3 Å². The lowest BCUT2D eigenvalue weighted by atomic mass is 9.97. The fourth-order valence-corrected chi connectivity index (χ4v) is 3.77. The molecule has 0 fully saturated rings. The van der Waals surface area contributed by atoms with Gasteiger partial charge in [0.2, 0.25) is 5.75 Å². The molecule has 1 radical (unpaired) electrons. The van der Waals surface area contributed by atoms with Crippen LogP contribution in [0.3, 0.4) is 0 Å². The molecule has 30 heavy (non-hydrogen) atoms. The van der Waals surface area contributed by atoms with E-state index >= 15 is 0 Å². The van der Waals surface area contributed by atoms with Crippen molar-refractivity contribution in [2.45, 2.75) is 38.5 Å². The number of benzene rings is 2. The van der Waals surface area contributed by atoms with Crippen molar-refractivity contribution in [3.8, 4) is 17.2 Å². The summed E-state index contributed by atoms with van der Waals surface area (Å²) in [5.41, 5.74) is 4.66. The number of pyridine rings is 1. The largest absolute Gasteiger partial charge is 0.492 e. The highest BCUT2D eigenvalue weighted by molar-refractivity contribution is 5.59. The minimum absolute atomic E-state index is 0.657. The van der Waals surface area contributed by atoms with Crippen LogP contribution in [0.1, 0.15) is 35.1 Å². The molecule has 1 aromatic heterocycles. The number of methoxy groups -OCH3 is 3. The van der Waals surface area contributed by atoms with Crippen LogP contribution in [0.2, 0.25) is 0 Å². The van der Waals surface area contributed by atoms with Crippen molar-refractivity contribution < 1.29 is 14.2 Å². The van der Waals surface area contributed by atoms with Crippen molar-refractivity contribution in [2.24, 2.45) is 0 Å². The fourth-order valence-electron chi connectivity index (χ4n) is 3.77. The third kappa shape index (κ3) is 5.53. The Morgan fingerprint density at radius 3 is 1.77 bits per heavy atom. The predicted octanol–water partition coefficient (Wildman–Crippen LogP) is 5.26. The molecule has 3 rings (SSSR count). The van der Waals surface area contributed by atoms with Gasteiger partial charge >= 0.3 is 0 Å². The molecule has 4 heteroatoms. The lowest BCUT2D eigenvalue weighted by molar-refractivity contribution is 0.319. The average Bonchev–Trinajstić information content (AvgIpc) is 2.80. The van der Waals surface area contributed by atoms with Gasteiger partial charge < -0.3 is 14.2 Å². The van der Waals surface area contributed by atoms with E-state index in [0.29, 0.717) is 11.5 Å². The molecule has 0 aliphatic carbocycles. The van der Waals surface area contributed by atoms with Crippen LogP contribution in [-0.2, 0) is 25.7 Å². The van der Waals surface area contributed by atoms with Crippen molar-refractivity contribution >= 4 is 0 Å². The molecule has 0 amide bonds. The Bertz CT molecular complexity index is 839. The number of rotatable bonds is 11. The van der Waals surface area contributed by atoms with Gasteiger partial charge in [0.1, 0.15) is 0 Å². The Labute approximate surface area is 179 Å². The molecular weight excluding hydrogens is 374 g/mol. The summed E-state index contributed by atoms with van der Waals surface area (Å²) < 4.78 is 17.1. The normalized spacial score (nSPS) is 10.6. The highest BCUT2D eigenvalue weighted by Gasteiger charge is 2.20. The highest BCUT2D eigenvalue weighted by Crippen LogP contribution is 2.43. The summed E-state index contributed by atoms with van der Waals surface area (Å²) >= 11 is 0. The van der Waals surface area contributed by atoms with Crippen molar-refractivity contribution in [1.29, 1.82) is 0 Å².